The molecule has 43 heavy (non-hydrogen) atoms. The molecule has 1 atom stereocenters. The second-order valence-corrected chi connectivity index (χ2v) is 10.4. The summed E-state index contributed by atoms with van der Waals surface area (Å²) >= 11 is 0. The Balaban J connectivity index is 0.00000121. The number of hydrogen-bond donors (Lipinski definition) is 3. The van der Waals surface area contributed by atoms with E-state index in [4.69, 9.17) is 14.5 Å². The number of fused-ring (bicyclic) bond motifs is 2. The quantitative estimate of drug-likeness (QED) is 0.255. The number of nitrogens with one attached hydrogen (secondary N) is 2. The van der Waals surface area contributed by atoms with Crippen LogP contribution in [0.2, 0.25) is 0 Å². The standard InChI is InChI=1S/C27H30FN7O4.C2H6.CH5N/c1-15(31-26(37)39-27(2,3)4)21-13-35-24(32-21)19(22-10-16(14-36)33-34(22)5)12-30-25(35)29-11-18-17-8-9-38-23(17)7-6-20(18)28;2*1-2/h6-7,10,12-15H,8-9,11H2,1-5H3,(H,29,30)(H,31,37);1-2H3;2H2,1H3. The van der Waals surface area contributed by atoms with Crippen molar-refractivity contribution in [3.8, 4) is 17.0 Å². The Morgan fingerprint density at radius 3 is 2.65 bits per heavy atom. The van der Waals surface area contributed by atoms with Crippen LogP contribution in [-0.2, 0) is 24.8 Å². The van der Waals surface area contributed by atoms with E-state index in [1.54, 1.807) is 68.4 Å². The molecule has 0 saturated heterocycles. The van der Waals surface area contributed by atoms with Crippen LogP contribution < -0.4 is 21.1 Å². The molecule has 1 amide bonds. The second-order valence-electron chi connectivity index (χ2n) is 10.4. The number of nitrogens with two attached hydrogens (primary N) is 1. The molecule has 13 heteroatoms. The highest BCUT2D eigenvalue weighted by Gasteiger charge is 2.23. The van der Waals surface area contributed by atoms with E-state index in [0.717, 1.165) is 5.56 Å². The summed E-state index contributed by atoms with van der Waals surface area (Å²) in [5, 5.41) is 10.2. The molecule has 1 aliphatic rings. The van der Waals surface area contributed by atoms with Crippen LogP contribution in [0.4, 0.5) is 15.1 Å². The average molecular weight is 597 g/mol. The zero-order valence-electron chi connectivity index (χ0n) is 26.0. The van der Waals surface area contributed by atoms with Crippen LogP contribution in [-0.4, -0.2) is 55.8 Å². The number of hydrogen-bond acceptors (Lipinski definition) is 9. The number of anilines is 1. The van der Waals surface area contributed by atoms with Gasteiger partial charge in [-0.05, 0) is 52.9 Å². The number of aromatic nitrogens is 5. The fourth-order valence-electron chi connectivity index (χ4n) is 4.55. The molecule has 5 rings (SSSR count). The van der Waals surface area contributed by atoms with Gasteiger partial charge in [0.15, 0.2) is 11.9 Å². The Morgan fingerprint density at radius 1 is 1.28 bits per heavy atom. The first kappa shape index (κ1) is 33.0. The fraction of sp³-hybridized carbons (Fsp3) is 0.433. The van der Waals surface area contributed by atoms with Gasteiger partial charge in [0.2, 0.25) is 5.95 Å². The van der Waals surface area contributed by atoms with Crippen molar-refractivity contribution in [1.82, 2.24) is 29.5 Å². The van der Waals surface area contributed by atoms with Crippen LogP contribution in [0.25, 0.3) is 16.9 Å². The first-order valence-corrected chi connectivity index (χ1v) is 14.2. The highest BCUT2D eigenvalue weighted by atomic mass is 19.1. The lowest BCUT2D eigenvalue weighted by Gasteiger charge is -2.21. The van der Waals surface area contributed by atoms with Gasteiger partial charge in [-0.1, -0.05) is 13.8 Å². The van der Waals surface area contributed by atoms with E-state index < -0.39 is 17.7 Å². The molecule has 3 aromatic heterocycles. The lowest BCUT2D eigenvalue weighted by atomic mass is 10.0. The average Bonchev–Trinajstić information content (AvgIpc) is 3.72. The van der Waals surface area contributed by atoms with Crippen LogP contribution in [0.1, 0.15) is 74.9 Å². The number of carbonyl (C=O) groups is 2. The Labute approximate surface area is 250 Å². The molecule has 232 valence electrons. The summed E-state index contributed by atoms with van der Waals surface area (Å²) in [7, 11) is 3.22. The summed E-state index contributed by atoms with van der Waals surface area (Å²) < 4.78 is 29.0. The van der Waals surface area contributed by atoms with Crippen molar-refractivity contribution in [2.45, 2.75) is 66.2 Å². The molecule has 4 heterocycles. The Kier molecular flexibility index (Phi) is 10.8. The second kappa shape index (κ2) is 14.1. The van der Waals surface area contributed by atoms with E-state index in [9.17, 15) is 14.0 Å². The molecule has 0 fully saturated rings. The van der Waals surface area contributed by atoms with E-state index in [-0.39, 0.29) is 18.1 Å². The van der Waals surface area contributed by atoms with Gasteiger partial charge in [0.1, 0.15) is 22.9 Å². The molecule has 0 saturated carbocycles. The van der Waals surface area contributed by atoms with Gasteiger partial charge in [-0.3, -0.25) is 13.9 Å². The molecular weight excluding hydrogens is 555 g/mol. The minimum absolute atomic E-state index is 0.181. The SMILES string of the molecule is CC.CC(NC(=O)OC(C)(C)C)c1cn2c(NCc3c(F)ccc4c3CCO4)ncc(-c3cc(C=O)nn3C)c2n1.CN. The summed E-state index contributed by atoms with van der Waals surface area (Å²) in [6.45, 7) is 11.9. The lowest BCUT2D eigenvalue weighted by Crippen LogP contribution is -2.34. The van der Waals surface area contributed by atoms with E-state index in [2.05, 4.69) is 26.4 Å². The van der Waals surface area contributed by atoms with E-state index >= 15 is 0 Å². The largest absolute Gasteiger partial charge is 0.493 e. The number of nitrogens with zero attached hydrogens (tertiary/aromatic N) is 5. The maximum Gasteiger partial charge on any atom is 0.408 e. The molecule has 1 unspecified atom stereocenters. The Hall–Kier alpha value is -4.52. The lowest BCUT2D eigenvalue weighted by molar-refractivity contribution is 0.0507. The topological polar surface area (TPSA) is 151 Å². The monoisotopic (exact) mass is 596 g/mol. The van der Waals surface area contributed by atoms with E-state index in [1.807, 2.05) is 13.8 Å². The van der Waals surface area contributed by atoms with Crippen molar-refractivity contribution in [2.24, 2.45) is 12.8 Å². The molecule has 4 N–H and O–H groups in total. The predicted molar refractivity (Wildman–Crippen MR) is 163 cm³/mol. The third-order valence-corrected chi connectivity index (χ3v) is 6.35. The Bertz CT molecular complexity index is 1570. The molecule has 0 radical (unpaired) electrons. The molecule has 0 aliphatic carbocycles. The number of ether oxygens (including phenoxy) is 2. The number of carbonyl (C=O) groups excluding carboxylic acids is 2. The summed E-state index contributed by atoms with van der Waals surface area (Å²) in [5.41, 5.74) is 7.81. The van der Waals surface area contributed by atoms with E-state index in [1.165, 1.54) is 13.1 Å². The molecule has 12 nitrogen and oxygen atoms in total. The zero-order chi connectivity index (χ0) is 31.9. The molecule has 1 aliphatic heterocycles. The van der Waals surface area contributed by atoms with Crippen molar-refractivity contribution >= 4 is 24.0 Å². The first-order valence-electron chi connectivity index (χ1n) is 14.2. The van der Waals surface area contributed by atoms with Crippen molar-refractivity contribution in [3.05, 3.63) is 58.9 Å². The highest BCUT2D eigenvalue weighted by molar-refractivity contribution is 5.81. The molecule has 1 aromatic carbocycles. The third kappa shape index (κ3) is 7.47. The normalized spacial score (nSPS) is 12.6. The Morgan fingerprint density at radius 2 is 2.00 bits per heavy atom. The first-order chi connectivity index (χ1) is 20.5. The number of imidazole rings is 1. The van der Waals surface area contributed by atoms with Crippen molar-refractivity contribution in [1.29, 1.82) is 0 Å². The van der Waals surface area contributed by atoms with Gasteiger partial charge in [0, 0.05) is 43.5 Å². The maximum atomic E-state index is 14.8. The number of alkyl carbamates (subject to hydrolysis) is 1. The number of benzene rings is 1. The van der Waals surface area contributed by atoms with Gasteiger partial charge in [0.25, 0.3) is 0 Å². The zero-order valence-corrected chi connectivity index (χ0v) is 26.0. The van der Waals surface area contributed by atoms with Gasteiger partial charge in [-0.25, -0.2) is 19.2 Å². The summed E-state index contributed by atoms with van der Waals surface area (Å²) in [4.78, 5) is 33.1. The van der Waals surface area contributed by atoms with Crippen LogP contribution in [0.3, 0.4) is 0 Å². The maximum absolute atomic E-state index is 14.8. The predicted octanol–water partition coefficient (Wildman–Crippen LogP) is 4.82. The third-order valence-electron chi connectivity index (χ3n) is 6.35. The van der Waals surface area contributed by atoms with Crippen molar-refractivity contribution in [3.63, 3.8) is 0 Å². The van der Waals surface area contributed by atoms with Crippen LogP contribution in [0.15, 0.2) is 30.6 Å². The summed E-state index contributed by atoms with van der Waals surface area (Å²) in [6, 6.07) is 4.20. The van der Waals surface area contributed by atoms with Gasteiger partial charge < -0.3 is 25.8 Å². The van der Waals surface area contributed by atoms with Crippen LogP contribution >= 0.6 is 0 Å². The van der Waals surface area contributed by atoms with Crippen LogP contribution in [0.5, 0.6) is 5.75 Å². The van der Waals surface area contributed by atoms with E-state index in [0.29, 0.717) is 59.2 Å². The van der Waals surface area contributed by atoms with Gasteiger partial charge >= 0.3 is 6.09 Å². The fourth-order valence-corrected chi connectivity index (χ4v) is 4.55. The minimum Gasteiger partial charge on any atom is -0.493 e. The number of rotatable bonds is 7. The summed E-state index contributed by atoms with van der Waals surface area (Å²) in [5.74, 6) is 0.791. The summed E-state index contributed by atoms with van der Waals surface area (Å²) in [6.07, 6.45) is 4.11. The molecule has 4 aromatic rings. The molecule has 0 bridgehead atoms. The van der Waals surface area contributed by atoms with Crippen LogP contribution in [0, 0.1) is 5.82 Å². The minimum atomic E-state index is -0.648. The highest BCUT2D eigenvalue weighted by Crippen LogP contribution is 2.32. The van der Waals surface area contributed by atoms with Gasteiger partial charge in [-0.2, -0.15) is 5.10 Å². The molecular formula is C30H41FN8O4. The smallest absolute Gasteiger partial charge is 0.408 e. The number of aldehydes is 1. The number of aryl methyl sites for hydroxylation is 1. The van der Waals surface area contributed by atoms with Gasteiger partial charge in [0.05, 0.1) is 29.6 Å². The number of amides is 1. The molecule has 0 spiro atoms. The number of halogens is 1. The van der Waals surface area contributed by atoms with Gasteiger partial charge in [-0.15, -0.1) is 0 Å². The van der Waals surface area contributed by atoms with Crippen molar-refractivity contribution < 1.29 is 23.5 Å². The van der Waals surface area contributed by atoms with Crippen molar-refractivity contribution in [2.75, 3.05) is 19.0 Å².